The normalized spacial score (nSPS) is 12.0. The molecule has 24 heavy (non-hydrogen) atoms. The van der Waals surface area contributed by atoms with E-state index in [-0.39, 0.29) is 0 Å². The lowest BCUT2D eigenvalue weighted by atomic mass is 10.1. The molecule has 0 spiro atoms. The predicted molar refractivity (Wildman–Crippen MR) is 95.7 cm³/mol. The smallest absolute Gasteiger partial charge is 0.235 e. The molecule has 0 radical (unpaired) electrons. The van der Waals surface area contributed by atoms with Crippen LogP contribution in [0.2, 0.25) is 0 Å². The van der Waals surface area contributed by atoms with Crippen molar-refractivity contribution in [2.75, 3.05) is 0 Å². The van der Waals surface area contributed by atoms with Crippen LogP contribution in [0.4, 0.5) is 0 Å². The van der Waals surface area contributed by atoms with E-state index in [0.717, 1.165) is 26.9 Å². The first-order chi connectivity index (χ1) is 11.7. The Balaban J connectivity index is 1.67. The third-order valence-electron chi connectivity index (χ3n) is 3.67. The summed E-state index contributed by atoms with van der Waals surface area (Å²) in [7, 11) is 0. The number of nitrogens with one attached hydrogen (secondary N) is 1. The first kappa shape index (κ1) is 14.8. The Morgan fingerprint density at radius 1 is 1.12 bits per heavy atom. The number of hydrogen-bond donors (Lipinski definition) is 1. The fourth-order valence-corrected chi connectivity index (χ4v) is 3.08. The Hall–Kier alpha value is -2.80. The van der Waals surface area contributed by atoms with Crippen molar-refractivity contribution in [3.05, 3.63) is 52.7 Å². The second-order valence-corrected chi connectivity index (χ2v) is 6.75. The van der Waals surface area contributed by atoms with Gasteiger partial charge in [0, 0.05) is 5.69 Å². The van der Waals surface area contributed by atoms with E-state index in [0.29, 0.717) is 11.7 Å². The van der Waals surface area contributed by atoms with Crippen LogP contribution in [0, 0.1) is 0 Å². The fourth-order valence-electron chi connectivity index (χ4n) is 2.34. The molecule has 0 fully saturated rings. The first-order valence-corrected chi connectivity index (χ1v) is 8.53. The second kappa shape index (κ2) is 6.01. The van der Waals surface area contributed by atoms with Gasteiger partial charge < -0.3 is 0 Å². The van der Waals surface area contributed by atoms with Crippen molar-refractivity contribution >= 4 is 28.4 Å². The minimum absolute atomic E-state index is 0.384. The van der Waals surface area contributed by atoms with Crippen LogP contribution in [0.5, 0.6) is 0 Å². The molecule has 6 nitrogen and oxygen atoms in total. The summed E-state index contributed by atoms with van der Waals surface area (Å²) in [5, 5.41) is 21.3. The van der Waals surface area contributed by atoms with Gasteiger partial charge in [0.05, 0.1) is 0 Å². The van der Waals surface area contributed by atoms with E-state index in [1.807, 2.05) is 36.4 Å². The van der Waals surface area contributed by atoms with E-state index in [1.54, 1.807) is 4.52 Å². The molecule has 1 aromatic carbocycles. The van der Waals surface area contributed by atoms with E-state index >= 15 is 0 Å². The van der Waals surface area contributed by atoms with Crippen molar-refractivity contribution in [2.45, 2.75) is 19.8 Å². The summed E-state index contributed by atoms with van der Waals surface area (Å²) in [4.78, 5) is 0.756. The number of H-pyrrole nitrogens is 1. The minimum Gasteiger partial charge on any atom is -0.282 e. The van der Waals surface area contributed by atoms with Crippen LogP contribution in [0.3, 0.4) is 0 Å². The number of hydrogen-bond acceptors (Lipinski definition) is 5. The number of rotatable bonds is 4. The fraction of sp³-hybridized carbons (Fsp3) is 0.176. The molecule has 0 bridgehead atoms. The number of aromatic nitrogens is 6. The molecule has 0 aliphatic carbocycles. The van der Waals surface area contributed by atoms with Gasteiger partial charge in [-0.15, -0.1) is 10.2 Å². The van der Waals surface area contributed by atoms with Crippen LogP contribution in [0.1, 0.15) is 36.0 Å². The van der Waals surface area contributed by atoms with Crippen molar-refractivity contribution < 1.29 is 0 Å². The summed E-state index contributed by atoms with van der Waals surface area (Å²) in [6.07, 6.45) is 4.03. The molecule has 3 heterocycles. The molecule has 1 N–H and O–H groups in total. The largest absolute Gasteiger partial charge is 0.282 e. The maximum atomic E-state index is 4.59. The summed E-state index contributed by atoms with van der Waals surface area (Å²) in [6, 6.07) is 12.1. The minimum atomic E-state index is 0.384. The highest BCUT2D eigenvalue weighted by molar-refractivity contribution is 7.17. The zero-order valence-electron chi connectivity index (χ0n) is 13.3. The van der Waals surface area contributed by atoms with Gasteiger partial charge in [0.2, 0.25) is 10.8 Å². The lowest BCUT2D eigenvalue weighted by Crippen LogP contribution is -1.90. The Morgan fingerprint density at radius 2 is 1.96 bits per heavy atom. The van der Waals surface area contributed by atoms with Gasteiger partial charge in [-0.2, -0.15) is 14.7 Å². The van der Waals surface area contributed by atoms with Gasteiger partial charge in [0.1, 0.15) is 10.7 Å². The average molecular weight is 336 g/mol. The molecule has 120 valence electrons. The van der Waals surface area contributed by atoms with E-state index in [2.05, 4.69) is 51.5 Å². The quantitative estimate of drug-likeness (QED) is 0.614. The highest BCUT2D eigenvalue weighted by Crippen LogP contribution is 2.23. The molecule has 0 saturated heterocycles. The van der Waals surface area contributed by atoms with E-state index < -0.39 is 0 Å². The van der Waals surface area contributed by atoms with Gasteiger partial charge >= 0.3 is 0 Å². The maximum Gasteiger partial charge on any atom is 0.235 e. The van der Waals surface area contributed by atoms with Gasteiger partial charge in [-0.1, -0.05) is 61.6 Å². The van der Waals surface area contributed by atoms with Gasteiger partial charge in [0.15, 0.2) is 0 Å². The Morgan fingerprint density at radius 3 is 2.71 bits per heavy atom. The highest BCUT2D eigenvalue weighted by atomic mass is 32.1. The van der Waals surface area contributed by atoms with Crippen LogP contribution in [-0.4, -0.2) is 30.0 Å². The first-order valence-electron chi connectivity index (χ1n) is 7.72. The summed E-state index contributed by atoms with van der Waals surface area (Å²) >= 11 is 1.50. The molecular formula is C17H16N6S. The molecule has 0 saturated carbocycles. The van der Waals surface area contributed by atoms with Crippen LogP contribution in [0.25, 0.3) is 28.6 Å². The average Bonchev–Trinajstić information content (AvgIpc) is 3.28. The summed E-state index contributed by atoms with van der Waals surface area (Å²) in [5.41, 5.74) is 2.97. The molecule has 0 amide bonds. The van der Waals surface area contributed by atoms with Crippen LogP contribution < -0.4 is 0 Å². The topological polar surface area (TPSA) is 71.8 Å². The number of aromatic amines is 1. The van der Waals surface area contributed by atoms with E-state index in [1.165, 1.54) is 11.3 Å². The van der Waals surface area contributed by atoms with Crippen molar-refractivity contribution in [2.24, 2.45) is 0 Å². The van der Waals surface area contributed by atoms with Crippen molar-refractivity contribution in [3.8, 4) is 11.5 Å². The molecule has 0 unspecified atom stereocenters. The molecule has 0 aliphatic rings. The van der Waals surface area contributed by atoms with Crippen LogP contribution >= 0.6 is 11.3 Å². The number of fused-ring (bicyclic) bond motifs is 1. The van der Waals surface area contributed by atoms with Gasteiger partial charge in [-0.25, -0.2) is 0 Å². The van der Waals surface area contributed by atoms with Crippen LogP contribution in [-0.2, 0) is 0 Å². The SMILES string of the molecule is CC(C)c1cc(-c2nnc3sc(C=Cc4ccccc4)nn23)n[nH]1. The Labute approximate surface area is 142 Å². The predicted octanol–water partition coefficient (Wildman–Crippen LogP) is 3.87. The Kier molecular flexibility index (Phi) is 3.70. The molecule has 0 atom stereocenters. The summed E-state index contributed by atoms with van der Waals surface area (Å²) < 4.78 is 1.75. The Bertz CT molecular complexity index is 993. The molecule has 3 aromatic heterocycles. The lowest BCUT2D eigenvalue weighted by molar-refractivity contribution is 0.810. The monoisotopic (exact) mass is 336 g/mol. The molecule has 4 aromatic rings. The molecular weight excluding hydrogens is 320 g/mol. The number of benzene rings is 1. The standard InChI is InChI=1S/C17H16N6S/c1-11(2)13-10-14(19-18-13)16-20-21-17-23(16)22-15(24-17)9-8-12-6-4-3-5-7-12/h3-11H,1-2H3,(H,18,19). The van der Waals surface area contributed by atoms with E-state index in [9.17, 15) is 0 Å². The van der Waals surface area contributed by atoms with Crippen LogP contribution in [0.15, 0.2) is 36.4 Å². The second-order valence-electron chi connectivity index (χ2n) is 5.77. The highest BCUT2D eigenvalue weighted by Gasteiger charge is 2.16. The third-order valence-corrected chi connectivity index (χ3v) is 4.54. The summed E-state index contributed by atoms with van der Waals surface area (Å²) in [6.45, 7) is 4.23. The van der Waals surface area contributed by atoms with Crippen molar-refractivity contribution in [3.63, 3.8) is 0 Å². The summed E-state index contributed by atoms with van der Waals surface area (Å²) in [5.74, 6) is 1.04. The maximum absolute atomic E-state index is 4.59. The zero-order valence-corrected chi connectivity index (χ0v) is 14.2. The van der Waals surface area contributed by atoms with Gasteiger partial charge in [-0.05, 0) is 23.6 Å². The lowest BCUT2D eigenvalue weighted by Gasteiger charge is -1.96. The molecule has 4 rings (SSSR count). The van der Waals surface area contributed by atoms with Crippen molar-refractivity contribution in [1.29, 1.82) is 0 Å². The van der Waals surface area contributed by atoms with Gasteiger partial charge in [0.25, 0.3) is 0 Å². The van der Waals surface area contributed by atoms with E-state index in [4.69, 9.17) is 0 Å². The van der Waals surface area contributed by atoms with Crippen molar-refractivity contribution in [1.82, 2.24) is 30.0 Å². The molecule has 0 aliphatic heterocycles. The molecule has 7 heteroatoms. The van der Waals surface area contributed by atoms with Gasteiger partial charge in [-0.3, -0.25) is 5.10 Å². The third kappa shape index (κ3) is 2.74. The number of nitrogens with zero attached hydrogens (tertiary/aromatic N) is 5. The zero-order chi connectivity index (χ0) is 16.5.